The molecule has 2 rings (SSSR count). The summed E-state index contributed by atoms with van der Waals surface area (Å²) in [6.45, 7) is 4.28. The molecule has 5 nitrogen and oxygen atoms in total. The smallest absolute Gasteiger partial charge is 0.236 e. The predicted molar refractivity (Wildman–Crippen MR) is 92.3 cm³/mol. The molecular formula is C15H20N4OS2. The van der Waals surface area contributed by atoms with Crippen molar-refractivity contribution in [3.8, 4) is 0 Å². The van der Waals surface area contributed by atoms with Gasteiger partial charge < -0.3 is 0 Å². The molecule has 0 aliphatic rings. The molecule has 2 heterocycles. The van der Waals surface area contributed by atoms with Gasteiger partial charge in [0.1, 0.15) is 5.01 Å². The van der Waals surface area contributed by atoms with Gasteiger partial charge in [0, 0.05) is 17.9 Å². The topological polar surface area (TPSA) is 67.8 Å². The number of anilines is 1. The van der Waals surface area contributed by atoms with Crippen molar-refractivity contribution in [2.24, 2.45) is 0 Å². The molecule has 2 aromatic heterocycles. The van der Waals surface area contributed by atoms with Crippen LogP contribution in [0.2, 0.25) is 0 Å². The van der Waals surface area contributed by atoms with Crippen LogP contribution in [0.15, 0.2) is 24.4 Å². The van der Waals surface area contributed by atoms with Crippen molar-refractivity contribution < 1.29 is 4.79 Å². The number of amides is 1. The van der Waals surface area contributed by atoms with Crippen LogP contribution in [0.1, 0.15) is 43.3 Å². The fourth-order valence-electron chi connectivity index (χ4n) is 1.98. The predicted octanol–water partition coefficient (Wildman–Crippen LogP) is 3.71. The molecule has 7 heteroatoms. The van der Waals surface area contributed by atoms with Gasteiger partial charge in [-0.15, -0.1) is 22.0 Å². The van der Waals surface area contributed by atoms with Gasteiger partial charge in [0.2, 0.25) is 11.0 Å². The van der Waals surface area contributed by atoms with Crippen LogP contribution < -0.4 is 5.32 Å². The van der Waals surface area contributed by atoms with E-state index in [9.17, 15) is 4.79 Å². The van der Waals surface area contributed by atoms with Crippen LogP contribution in [0.4, 0.5) is 5.13 Å². The Bertz CT molecular complexity index is 584. The minimum absolute atomic E-state index is 0.0480. The molecule has 0 aliphatic carbocycles. The number of thioether (sulfide) groups is 1. The maximum atomic E-state index is 11.9. The second-order valence-electron chi connectivity index (χ2n) is 4.82. The lowest BCUT2D eigenvalue weighted by atomic mass is 10.1. The first-order chi connectivity index (χ1) is 10.7. The molecule has 0 saturated heterocycles. The molecule has 1 N–H and O–H groups in total. The Kier molecular flexibility index (Phi) is 6.79. The molecule has 0 fully saturated rings. The van der Waals surface area contributed by atoms with Gasteiger partial charge in [-0.05, 0) is 25.0 Å². The molecule has 0 atom stereocenters. The van der Waals surface area contributed by atoms with E-state index < -0.39 is 0 Å². The van der Waals surface area contributed by atoms with Gasteiger partial charge in [0.25, 0.3) is 0 Å². The summed E-state index contributed by atoms with van der Waals surface area (Å²) in [5.74, 6) is 1.50. The molecular weight excluding hydrogens is 316 g/mol. The summed E-state index contributed by atoms with van der Waals surface area (Å²) in [4.78, 5) is 16.1. The molecule has 0 radical (unpaired) electrons. The highest BCUT2D eigenvalue weighted by Gasteiger charge is 2.14. The van der Waals surface area contributed by atoms with Gasteiger partial charge in [-0.3, -0.25) is 15.1 Å². The van der Waals surface area contributed by atoms with Crippen molar-refractivity contribution in [3.05, 3.63) is 35.1 Å². The maximum Gasteiger partial charge on any atom is 0.236 e. The molecule has 2 aromatic rings. The molecule has 0 aromatic carbocycles. The SMILES string of the molecule is CCC(CC)c1nnc(NC(=O)CSCc2ccccn2)s1. The fraction of sp³-hybridized carbons (Fsp3) is 0.467. The summed E-state index contributed by atoms with van der Waals surface area (Å²) in [5.41, 5.74) is 0.979. The highest BCUT2D eigenvalue weighted by Crippen LogP contribution is 2.28. The summed E-state index contributed by atoms with van der Waals surface area (Å²) in [5, 5.41) is 12.6. The lowest BCUT2D eigenvalue weighted by Crippen LogP contribution is -2.14. The van der Waals surface area contributed by atoms with Crippen LogP contribution in [0.25, 0.3) is 0 Å². The van der Waals surface area contributed by atoms with E-state index in [-0.39, 0.29) is 5.91 Å². The number of carbonyl (C=O) groups is 1. The van der Waals surface area contributed by atoms with Crippen molar-refractivity contribution in [1.29, 1.82) is 0 Å². The second-order valence-corrected chi connectivity index (χ2v) is 6.82. The van der Waals surface area contributed by atoms with E-state index in [4.69, 9.17) is 0 Å². The number of hydrogen-bond donors (Lipinski definition) is 1. The van der Waals surface area contributed by atoms with Crippen LogP contribution >= 0.6 is 23.1 Å². The summed E-state index contributed by atoms with van der Waals surface area (Å²) in [6, 6.07) is 5.79. The second kappa shape index (κ2) is 8.85. The fourth-order valence-corrected chi connectivity index (χ4v) is 3.74. The molecule has 0 saturated carbocycles. The number of nitrogens with zero attached hydrogens (tertiary/aromatic N) is 3. The third-order valence-corrected chi connectivity index (χ3v) is 5.20. The Morgan fingerprint density at radius 3 is 2.82 bits per heavy atom. The van der Waals surface area contributed by atoms with Crippen LogP contribution in [-0.2, 0) is 10.5 Å². The van der Waals surface area contributed by atoms with Gasteiger partial charge in [-0.2, -0.15) is 0 Å². The number of pyridine rings is 1. The first-order valence-electron chi connectivity index (χ1n) is 7.33. The van der Waals surface area contributed by atoms with E-state index in [2.05, 4.69) is 34.3 Å². The molecule has 0 spiro atoms. The van der Waals surface area contributed by atoms with Gasteiger partial charge in [-0.25, -0.2) is 0 Å². The number of carbonyl (C=O) groups excluding carboxylic acids is 1. The van der Waals surface area contributed by atoms with E-state index in [1.54, 1.807) is 6.20 Å². The summed E-state index contributed by atoms with van der Waals surface area (Å²) in [6.07, 6.45) is 3.84. The zero-order valence-corrected chi connectivity index (χ0v) is 14.4. The van der Waals surface area contributed by atoms with Gasteiger partial charge in [0.05, 0.1) is 11.4 Å². The summed E-state index contributed by atoms with van der Waals surface area (Å²) in [7, 11) is 0. The molecule has 0 bridgehead atoms. The zero-order chi connectivity index (χ0) is 15.8. The number of nitrogens with one attached hydrogen (secondary N) is 1. The van der Waals surface area contributed by atoms with E-state index in [0.717, 1.165) is 29.3 Å². The Balaban J connectivity index is 1.77. The third kappa shape index (κ3) is 5.06. The minimum atomic E-state index is -0.0480. The lowest BCUT2D eigenvalue weighted by molar-refractivity contribution is -0.113. The van der Waals surface area contributed by atoms with Crippen molar-refractivity contribution in [2.45, 2.75) is 38.4 Å². The van der Waals surface area contributed by atoms with Gasteiger partial charge in [0.15, 0.2) is 0 Å². The lowest BCUT2D eigenvalue weighted by Gasteiger charge is -2.05. The highest BCUT2D eigenvalue weighted by atomic mass is 32.2. The third-order valence-electron chi connectivity index (χ3n) is 3.23. The van der Waals surface area contributed by atoms with E-state index >= 15 is 0 Å². The Hall–Kier alpha value is -1.47. The maximum absolute atomic E-state index is 11.9. The first kappa shape index (κ1) is 16.9. The van der Waals surface area contributed by atoms with Crippen molar-refractivity contribution >= 4 is 34.1 Å². The van der Waals surface area contributed by atoms with Crippen LogP contribution in [0, 0.1) is 0 Å². The largest absolute Gasteiger partial charge is 0.300 e. The standard InChI is InChI=1S/C15H20N4OS2/c1-3-11(4-2)14-18-19-15(22-14)17-13(20)10-21-9-12-7-5-6-8-16-12/h5-8,11H,3-4,9-10H2,1-2H3,(H,17,19,20). The highest BCUT2D eigenvalue weighted by molar-refractivity contribution is 7.99. The van der Waals surface area contributed by atoms with E-state index in [1.165, 1.54) is 23.1 Å². The molecule has 118 valence electrons. The number of aromatic nitrogens is 3. The molecule has 0 aliphatic heterocycles. The molecule has 1 amide bonds. The number of rotatable bonds is 8. The Morgan fingerprint density at radius 1 is 1.32 bits per heavy atom. The normalized spacial score (nSPS) is 10.9. The molecule has 22 heavy (non-hydrogen) atoms. The summed E-state index contributed by atoms with van der Waals surface area (Å²) >= 11 is 3.01. The zero-order valence-electron chi connectivity index (χ0n) is 12.8. The van der Waals surface area contributed by atoms with Gasteiger partial charge >= 0.3 is 0 Å². The average molecular weight is 336 g/mol. The quantitative estimate of drug-likeness (QED) is 0.796. The van der Waals surface area contributed by atoms with Crippen LogP contribution in [-0.4, -0.2) is 26.8 Å². The van der Waals surface area contributed by atoms with Crippen LogP contribution in [0.5, 0.6) is 0 Å². The van der Waals surface area contributed by atoms with Crippen molar-refractivity contribution in [3.63, 3.8) is 0 Å². The van der Waals surface area contributed by atoms with Gasteiger partial charge in [-0.1, -0.05) is 31.3 Å². The Morgan fingerprint density at radius 2 is 2.14 bits per heavy atom. The number of hydrogen-bond acceptors (Lipinski definition) is 6. The molecule has 0 unspecified atom stereocenters. The minimum Gasteiger partial charge on any atom is -0.300 e. The first-order valence-corrected chi connectivity index (χ1v) is 9.31. The van der Waals surface area contributed by atoms with E-state index in [1.807, 2.05) is 18.2 Å². The monoisotopic (exact) mass is 336 g/mol. The Labute approximate surface area is 139 Å². The summed E-state index contributed by atoms with van der Waals surface area (Å²) < 4.78 is 0. The van der Waals surface area contributed by atoms with Crippen molar-refractivity contribution in [1.82, 2.24) is 15.2 Å². The van der Waals surface area contributed by atoms with E-state index in [0.29, 0.717) is 16.8 Å². The van der Waals surface area contributed by atoms with Crippen molar-refractivity contribution in [2.75, 3.05) is 11.1 Å². The average Bonchev–Trinajstić information content (AvgIpc) is 2.98. The van der Waals surface area contributed by atoms with Crippen LogP contribution in [0.3, 0.4) is 0 Å².